The number of carbonyl (C=O) groups is 2. The molecule has 0 radical (unpaired) electrons. The number of rotatable bonds is 7. The quantitative estimate of drug-likeness (QED) is 0.240. The van der Waals surface area contributed by atoms with Gasteiger partial charge in [-0.25, -0.2) is 27.9 Å². The third-order valence-electron chi connectivity index (χ3n) is 7.19. The predicted octanol–water partition coefficient (Wildman–Crippen LogP) is 3.11. The molecule has 0 aliphatic carbocycles. The first-order chi connectivity index (χ1) is 19.0. The van der Waals surface area contributed by atoms with Gasteiger partial charge in [0.1, 0.15) is 22.9 Å². The Hall–Kier alpha value is -3.73. The number of carboxylic acid groups (broad SMARTS) is 1. The van der Waals surface area contributed by atoms with Crippen molar-refractivity contribution in [2.45, 2.75) is 55.1 Å². The minimum Gasteiger partial charge on any atom is -0.470 e. The Balaban J connectivity index is 1.61. The fraction of sp³-hybridized carbons (Fsp3) is 0.458. The number of carbonyl (C=O) groups excluding carboxylic acids is 1. The standard InChI is InChI=1S/C24H27F5N6O5S/c1-22(2)20(34-21(37)38)35-23(3,16-6-7-32-41(16,22)39)13-8-12(4-5-14(13)25)33-18(36)15-9-31-17(10-30-15)40-11-24(28,29)19(26)27/h4-5,8-10,16,19,41H,6-7,11H2,1-3H3,(H,32,39)(H,33,36)(H,34,35)(H,37,38)/t16-,23+/m0/s1. The monoisotopic (exact) mass is 606 g/mol. The molecule has 0 saturated carbocycles. The summed E-state index contributed by atoms with van der Waals surface area (Å²) in [5, 5.41) is 13.4. The van der Waals surface area contributed by atoms with Crippen molar-refractivity contribution in [3.63, 3.8) is 0 Å². The van der Waals surface area contributed by atoms with Gasteiger partial charge in [-0.1, -0.05) is 0 Å². The molecule has 1 aromatic carbocycles. The van der Waals surface area contributed by atoms with Crippen molar-refractivity contribution in [1.29, 1.82) is 0 Å². The number of halogens is 5. The third kappa shape index (κ3) is 5.47. The van der Waals surface area contributed by atoms with Crippen LogP contribution < -0.4 is 20.1 Å². The van der Waals surface area contributed by atoms with Gasteiger partial charge >= 0.3 is 18.4 Å². The molecule has 0 unspecified atom stereocenters. The van der Waals surface area contributed by atoms with Crippen LogP contribution in [0.2, 0.25) is 0 Å². The SMILES string of the molecule is CC1(C)C(NC(=O)O)=N[C@](C)(c2cc(NC(=O)c3cnc(OCC(F)(F)C(F)F)cn3)ccc2F)[C@@H]2CCN[SH]21=O. The van der Waals surface area contributed by atoms with Crippen LogP contribution in [0.5, 0.6) is 5.88 Å². The molecule has 17 heteroatoms. The lowest BCUT2D eigenvalue weighted by Crippen LogP contribution is -2.65. The minimum atomic E-state index is -4.40. The van der Waals surface area contributed by atoms with Gasteiger partial charge in [-0.3, -0.25) is 24.0 Å². The van der Waals surface area contributed by atoms with Crippen LogP contribution in [0.15, 0.2) is 35.6 Å². The van der Waals surface area contributed by atoms with Crippen LogP contribution in [0.3, 0.4) is 0 Å². The molecule has 2 amide bonds. The van der Waals surface area contributed by atoms with Gasteiger partial charge in [0.25, 0.3) is 5.91 Å². The fourth-order valence-corrected chi connectivity index (χ4v) is 8.61. The lowest BCUT2D eigenvalue weighted by Gasteiger charge is -2.51. The van der Waals surface area contributed by atoms with Crippen molar-refractivity contribution in [1.82, 2.24) is 20.0 Å². The minimum absolute atomic E-state index is 0.0424. The molecule has 0 spiro atoms. The van der Waals surface area contributed by atoms with E-state index in [-0.39, 0.29) is 22.8 Å². The highest BCUT2D eigenvalue weighted by molar-refractivity contribution is 8.04. The number of anilines is 1. The van der Waals surface area contributed by atoms with E-state index >= 15 is 4.39 Å². The van der Waals surface area contributed by atoms with Crippen LogP contribution >= 0.6 is 0 Å². The number of nitrogens with zero attached hydrogens (tertiary/aromatic N) is 3. The van der Waals surface area contributed by atoms with E-state index in [1.165, 1.54) is 12.1 Å². The van der Waals surface area contributed by atoms with E-state index in [1.54, 1.807) is 20.8 Å². The first-order valence-electron chi connectivity index (χ1n) is 12.2. The van der Waals surface area contributed by atoms with Crippen LogP contribution in [-0.2, 0) is 15.7 Å². The largest absolute Gasteiger partial charge is 0.470 e. The second-order valence-corrected chi connectivity index (χ2v) is 13.6. The second kappa shape index (κ2) is 10.6. The normalized spacial score (nSPS) is 23.7. The summed E-state index contributed by atoms with van der Waals surface area (Å²) in [6.45, 7) is 3.44. The summed E-state index contributed by atoms with van der Waals surface area (Å²) >= 11 is 0. The molecule has 0 bridgehead atoms. The van der Waals surface area contributed by atoms with Crippen molar-refractivity contribution >= 4 is 33.6 Å². The summed E-state index contributed by atoms with van der Waals surface area (Å²) in [6, 6.07) is 3.60. The Kier molecular flexibility index (Phi) is 7.81. The van der Waals surface area contributed by atoms with Crippen molar-refractivity contribution < 1.29 is 45.6 Å². The Bertz CT molecular complexity index is 1440. The van der Waals surface area contributed by atoms with Crippen molar-refractivity contribution in [2.75, 3.05) is 18.5 Å². The molecular formula is C24H27F5N6O5S. The molecule has 2 aliphatic rings. The van der Waals surface area contributed by atoms with Crippen molar-refractivity contribution in [3.05, 3.63) is 47.7 Å². The van der Waals surface area contributed by atoms with Gasteiger partial charge in [0.05, 0.1) is 22.4 Å². The first kappa shape index (κ1) is 30.2. The zero-order valence-electron chi connectivity index (χ0n) is 21.9. The molecule has 1 fully saturated rings. The summed E-state index contributed by atoms with van der Waals surface area (Å²) < 4.78 is 86.5. The van der Waals surface area contributed by atoms with Crippen LogP contribution in [0.1, 0.15) is 43.2 Å². The summed E-state index contributed by atoms with van der Waals surface area (Å²) in [5.74, 6) is -6.58. The second-order valence-electron chi connectivity index (χ2n) is 10.2. The molecule has 1 saturated heterocycles. The summed E-state index contributed by atoms with van der Waals surface area (Å²) in [4.78, 5) is 36.2. The van der Waals surface area contributed by atoms with Gasteiger partial charge in [0.15, 0.2) is 6.61 Å². The van der Waals surface area contributed by atoms with E-state index in [1.807, 2.05) is 0 Å². The number of benzene rings is 1. The molecule has 41 heavy (non-hydrogen) atoms. The molecule has 2 aliphatic heterocycles. The maximum atomic E-state index is 15.3. The number of thiol groups is 1. The summed E-state index contributed by atoms with van der Waals surface area (Å²) in [6.07, 6.45) is -3.33. The predicted molar refractivity (Wildman–Crippen MR) is 139 cm³/mol. The molecule has 1 aromatic heterocycles. The molecule has 2 atom stereocenters. The summed E-state index contributed by atoms with van der Waals surface area (Å²) in [7, 11) is -3.39. The molecule has 224 valence electrons. The molecule has 11 nitrogen and oxygen atoms in total. The van der Waals surface area contributed by atoms with E-state index in [9.17, 15) is 36.5 Å². The Morgan fingerprint density at radius 1 is 1.22 bits per heavy atom. The lowest BCUT2D eigenvalue weighted by molar-refractivity contribution is -0.148. The van der Waals surface area contributed by atoms with Crippen LogP contribution in [0.25, 0.3) is 0 Å². The zero-order valence-corrected chi connectivity index (χ0v) is 22.8. The number of alkyl halides is 4. The number of hydrogen-bond acceptors (Lipinski definition) is 7. The van der Waals surface area contributed by atoms with Gasteiger partial charge in [0, 0.05) is 17.8 Å². The topological polar surface area (TPSA) is 155 Å². The molecule has 3 heterocycles. The Labute approximate surface area is 231 Å². The average Bonchev–Trinajstić information content (AvgIpc) is 3.32. The van der Waals surface area contributed by atoms with E-state index in [4.69, 9.17) is 0 Å². The van der Waals surface area contributed by atoms with E-state index < -0.39 is 68.3 Å². The number of aliphatic imine (C=N–C) groups is 1. The van der Waals surface area contributed by atoms with Gasteiger partial charge in [0.2, 0.25) is 5.88 Å². The Morgan fingerprint density at radius 3 is 2.54 bits per heavy atom. The van der Waals surface area contributed by atoms with Crippen LogP contribution in [0.4, 0.5) is 32.4 Å². The molecule has 2 aromatic rings. The maximum absolute atomic E-state index is 15.3. The highest BCUT2D eigenvalue weighted by Gasteiger charge is 2.59. The van der Waals surface area contributed by atoms with E-state index in [2.05, 4.69) is 35.1 Å². The van der Waals surface area contributed by atoms with E-state index in [0.29, 0.717) is 13.0 Å². The van der Waals surface area contributed by atoms with Gasteiger partial charge in [-0.2, -0.15) is 8.78 Å². The van der Waals surface area contributed by atoms with Gasteiger partial charge in [-0.15, -0.1) is 0 Å². The zero-order chi connectivity index (χ0) is 30.4. The molecule has 4 rings (SSSR count). The fourth-order valence-electron chi connectivity index (χ4n) is 4.93. The Morgan fingerprint density at radius 2 is 1.93 bits per heavy atom. The highest BCUT2D eigenvalue weighted by atomic mass is 32.3. The summed E-state index contributed by atoms with van der Waals surface area (Å²) in [5.41, 5.74) is -1.75. The van der Waals surface area contributed by atoms with Crippen LogP contribution in [-0.4, -0.2) is 72.6 Å². The first-order valence-corrected chi connectivity index (χ1v) is 14.0. The number of hydrogen-bond donors (Lipinski definition) is 5. The lowest BCUT2D eigenvalue weighted by atomic mass is 9.85. The number of amides is 2. The van der Waals surface area contributed by atoms with Crippen LogP contribution in [0, 0.1) is 5.82 Å². The molecular weight excluding hydrogens is 579 g/mol. The smallest absolute Gasteiger partial charge is 0.410 e. The number of aromatic nitrogens is 2. The van der Waals surface area contributed by atoms with Gasteiger partial charge < -0.3 is 15.2 Å². The van der Waals surface area contributed by atoms with Crippen molar-refractivity contribution in [3.8, 4) is 5.88 Å². The number of nitrogens with one attached hydrogen (secondary N) is 3. The number of ether oxygens (including phenoxy) is 1. The number of fused-ring (bicyclic) bond motifs is 1. The molecule has 4 N–H and O–H groups in total. The van der Waals surface area contributed by atoms with E-state index in [0.717, 1.165) is 18.5 Å². The van der Waals surface area contributed by atoms with Crippen molar-refractivity contribution in [2.24, 2.45) is 4.99 Å². The maximum Gasteiger partial charge on any atom is 0.410 e. The third-order valence-corrected chi connectivity index (χ3v) is 11.4. The average molecular weight is 607 g/mol. The highest BCUT2D eigenvalue weighted by Crippen LogP contribution is 2.49. The number of amidine groups is 1. The van der Waals surface area contributed by atoms with Gasteiger partial charge in [-0.05, 0) is 55.5 Å².